The van der Waals surface area contributed by atoms with Crippen molar-refractivity contribution in [1.29, 1.82) is 0 Å². The first kappa shape index (κ1) is 17.0. The Morgan fingerprint density at radius 2 is 2.12 bits per heavy atom. The number of unbranched alkanes of at least 4 members (excludes halogenated alkanes) is 1. The molecule has 0 saturated carbocycles. The van der Waals surface area contributed by atoms with Crippen LogP contribution in [0.2, 0.25) is 0 Å². The highest BCUT2D eigenvalue weighted by Gasteiger charge is 2.45. The maximum atomic E-state index is 12.1. The Morgan fingerprint density at radius 3 is 2.83 bits per heavy atom. The average Bonchev–Trinajstić information content (AvgIpc) is 3.13. The van der Waals surface area contributed by atoms with E-state index >= 15 is 0 Å². The van der Waals surface area contributed by atoms with Gasteiger partial charge in [-0.15, -0.1) is 11.3 Å². The third kappa shape index (κ3) is 3.61. The van der Waals surface area contributed by atoms with Gasteiger partial charge >= 0.3 is 5.97 Å². The number of thiazole rings is 1. The Hall–Kier alpha value is -1.88. The summed E-state index contributed by atoms with van der Waals surface area (Å²) in [4.78, 5) is 16.8. The number of rotatable bonds is 6. The number of aromatic nitrogens is 1. The van der Waals surface area contributed by atoms with Gasteiger partial charge < -0.3 is 10.1 Å². The summed E-state index contributed by atoms with van der Waals surface area (Å²) in [7, 11) is 0. The molecule has 0 radical (unpaired) electrons. The van der Waals surface area contributed by atoms with Crippen molar-refractivity contribution in [1.82, 2.24) is 4.98 Å². The molecule has 24 heavy (non-hydrogen) atoms. The summed E-state index contributed by atoms with van der Waals surface area (Å²) < 4.78 is 5.70. The molecule has 1 aromatic carbocycles. The molecule has 1 N–H and O–H groups in total. The zero-order chi connectivity index (χ0) is 17.2. The first-order valence-electron chi connectivity index (χ1n) is 8.53. The van der Waals surface area contributed by atoms with Crippen LogP contribution in [0.15, 0.2) is 29.6 Å². The summed E-state index contributed by atoms with van der Waals surface area (Å²) in [5.74, 6) is -0.0721. The highest BCUT2D eigenvalue weighted by Crippen LogP contribution is 2.42. The minimum atomic E-state index is -0.598. The fourth-order valence-electron chi connectivity index (χ4n) is 3.06. The number of cyclic esters (lactones) is 1. The van der Waals surface area contributed by atoms with Gasteiger partial charge in [0, 0.05) is 17.5 Å². The van der Waals surface area contributed by atoms with Crippen molar-refractivity contribution < 1.29 is 9.53 Å². The molecule has 4 nitrogen and oxygen atoms in total. The topological polar surface area (TPSA) is 51.2 Å². The molecule has 128 valence electrons. The van der Waals surface area contributed by atoms with E-state index in [0.29, 0.717) is 0 Å². The number of benzene rings is 1. The molecule has 0 aliphatic carbocycles. The van der Waals surface area contributed by atoms with Gasteiger partial charge in [-0.25, -0.2) is 4.98 Å². The maximum Gasteiger partial charge on any atom is 0.310 e. The van der Waals surface area contributed by atoms with E-state index in [2.05, 4.69) is 36.3 Å². The third-order valence-electron chi connectivity index (χ3n) is 4.55. The number of carbonyl (C=O) groups is 1. The van der Waals surface area contributed by atoms with Crippen LogP contribution in [0.4, 0.5) is 10.8 Å². The minimum absolute atomic E-state index is 0.00478. The first-order valence-corrected chi connectivity index (χ1v) is 9.40. The molecule has 1 aliphatic heterocycles. The molecule has 3 rings (SSSR count). The largest absolute Gasteiger partial charge is 0.453 e. The molecular formula is C19H24N2O2S. The molecule has 1 aromatic heterocycles. The van der Waals surface area contributed by atoms with Gasteiger partial charge in [0.05, 0.1) is 11.6 Å². The molecule has 2 heterocycles. The zero-order valence-electron chi connectivity index (χ0n) is 14.5. The SMILES string of the molecule is CCCC[C@H]1C[C@](C)(c2csc(Nc3ccc(C)cc3)n2)OC1=O. The van der Waals surface area contributed by atoms with Gasteiger partial charge in [-0.1, -0.05) is 37.5 Å². The standard InChI is InChI=1S/C19H24N2O2S/c1-4-5-6-14-11-19(3,23-17(14)22)16-12-24-18(21-16)20-15-9-7-13(2)8-10-15/h7-10,12,14H,4-6,11H2,1-3H3,(H,20,21)/t14-,19+/m0/s1. The van der Waals surface area contributed by atoms with Crippen LogP contribution in [0, 0.1) is 12.8 Å². The number of anilines is 2. The molecule has 0 bridgehead atoms. The molecule has 0 amide bonds. The van der Waals surface area contributed by atoms with E-state index in [1.54, 1.807) is 11.3 Å². The molecule has 5 heteroatoms. The van der Waals surface area contributed by atoms with Crippen LogP contribution in [0.5, 0.6) is 0 Å². The molecule has 2 atom stereocenters. The van der Waals surface area contributed by atoms with Crippen LogP contribution < -0.4 is 5.32 Å². The lowest BCUT2D eigenvalue weighted by Crippen LogP contribution is -2.21. The average molecular weight is 344 g/mol. The van der Waals surface area contributed by atoms with E-state index in [-0.39, 0.29) is 11.9 Å². The predicted molar refractivity (Wildman–Crippen MR) is 97.7 cm³/mol. The minimum Gasteiger partial charge on any atom is -0.453 e. The molecule has 1 saturated heterocycles. The summed E-state index contributed by atoms with van der Waals surface area (Å²) in [6, 6.07) is 8.20. The summed E-state index contributed by atoms with van der Waals surface area (Å²) in [6.45, 7) is 6.18. The Labute approximate surface area is 147 Å². The summed E-state index contributed by atoms with van der Waals surface area (Å²) in [5.41, 5.74) is 2.48. The van der Waals surface area contributed by atoms with Crippen LogP contribution in [0.3, 0.4) is 0 Å². The molecular weight excluding hydrogens is 320 g/mol. The van der Waals surface area contributed by atoms with Crippen LogP contribution in [-0.2, 0) is 15.1 Å². The van der Waals surface area contributed by atoms with Gasteiger partial charge in [0.25, 0.3) is 0 Å². The van der Waals surface area contributed by atoms with Gasteiger partial charge in [0.1, 0.15) is 0 Å². The molecule has 1 aliphatic rings. The Kier molecular flexibility index (Phi) is 4.90. The lowest BCUT2D eigenvalue weighted by Gasteiger charge is -2.19. The summed E-state index contributed by atoms with van der Waals surface area (Å²) in [6.07, 6.45) is 3.79. The normalized spacial score (nSPS) is 23.3. The monoisotopic (exact) mass is 344 g/mol. The van der Waals surface area contributed by atoms with E-state index in [1.165, 1.54) is 5.56 Å². The van der Waals surface area contributed by atoms with Gasteiger partial charge in [-0.3, -0.25) is 4.79 Å². The number of hydrogen-bond donors (Lipinski definition) is 1. The Bertz CT molecular complexity index is 710. The smallest absolute Gasteiger partial charge is 0.310 e. The number of esters is 1. The van der Waals surface area contributed by atoms with Gasteiger partial charge in [-0.05, 0) is 32.4 Å². The van der Waals surface area contributed by atoms with Crippen LogP contribution in [-0.4, -0.2) is 11.0 Å². The number of hydrogen-bond acceptors (Lipinski definition) is 5. The van der Waals surface area contributed by atoms with E-state index in [9.17, 15) is 4.79 Å². The van der Waals surface area contributed by atoms with Crippen molar-refractivity contribution in [3.8, 4) is 0 Å². The lowest BCUT2D eigenvalue weighted by atomic mass is 9.90. The van der Waals surface area contributed by atoms with E-state index in [0.717, 1.165) is 42.2 Å². The second kappa shape index (κ2) is 6.93. The predicted octanol–water partition coefficient (Wildman–Crippen LogP) is 5.16. The first-order chi connectivity index (χ1) is 11.5. The second-order valence-electron chi connectivity index (χ2n) is 6.72. The van der Waals surface area contributed by atoms with Crippen molar-refractivity contribution in [2.75, 3.05) is 5.32 Å². The maximum absolute atomic E-state index is 12.1. The second-order valence-corrected chi connectivity index (χ2v) is 7.58. The van der Waals surface area contributed by atoms with Crippen LogP contribution >= 0.6 is 11.3 Å². The van der Waals surface area contributed by atoms with Gasteiger partial charge in [-0.2, -0.15) is 0 Å². The van der Waals surface area contributed by atoms with Crippen molar-refractivity contribution >= 4 is 28.1 Å². The number of nitrogens with one attached hydrogen (secondary N) is 1. The van der Waals surface area contributed by atoms with Crippen molar-refractivity contribution in [2.45, 2.75) is 52.1 Å². The number of carbonyl (C=O) groups excluding carboxylic acids is 1. The fraction of sp³-hybridized carbons (Fsp3) is 0.474. The number of nitrogens with zero attached hydrogens (tertiary/aromatic N) is 1. The summed E-state index contributed by atoms with van der Waals surface area (Å²) >= 11 is 1.54. The van der Waals surface area contributed by atoms with Crippen LogP contribution in [0.25, 0.3) is 0 Å². The molecule has 2 aromatic rings. The van der Waals surface area contributed by atoms with E-state index in [4.69, 9.17) is 4.74 Å². The quantitative estimate of drug-likeness (QED) is 0.735. The highest BCUT2D eigenvalue weighted by atomic mass is 32.1. The molecule has 0 unspecified atom stereocenters. The zero-order valence-corrected chi connectivity index (χ0v) is 15.3. The molecule has 1 fully saturated rings. The van der Waals surface area contributed by atoms with E-state index in [1.807, 2.05) is 24.4 Å². The van der Waals surface area contributed by atoms with Crippen LogP contribution in [0.1, 0.15) is 50.8 Å². The third-order valence-corrected chi connectivity index (χ3v) is 5.31. The van der Waals surface area contributed by atoms with Gasteiger partial charge in [0.15, 0.2) is 10.7 Å². The highest BCUT2D eigenvalue weighted by molar-refractivity contribution is 7.13. The summed E-state index contributed by atoms with van der Waals surface area (Å²) in [5, 5.41) is 6.13. The lowest BCUT2D eigenvalue weighted by molar-refractivity contribution is -0.150. The Morgan fingerprint density at radius 1 is 1.38 bits per heavy atom. The van der Waals surface area contributed by atoms with Crippen molar-refractivity contribution in [3.05, 3.63) is 40.9 Å². The van der Waals surface area contributed by atoms with Gasteiger partial charge in [0.2, 0.25) is 0 Å². The number of ether oxygens (including phenoxy) is 1. The number of aryl methyl sites for hydroxylation is 1. The Balaban J connectivity index is 1.70. The van der Waals surface area contributed by atoms with E-state index < -0.39 is 5.60 Å². The fourth-order valence-corrected chi connectivity index (χ4v) is 3.92. The van der Waals surface area contributed by atoms with Crippen molar-refractivity contribution in [3.63, 3.8) is 0 Å². The van der Waals surface area contributed by atoms with Crippen molar-refractivity contribution in [2.24, 2.45) is 5.92 Å². The molecule has 0 spiro atoms.